The molecule has 0 aromatic heterocycles. The summed E-state index contributed by atoms with van der Waals surface area (Å²) in [6, 6.07) is 7.89. The highest BCUT2D eigenvalue weighted by Crippen LogP contribution is 2.11. The molecule has 0 heterocycles. The zero-order chi connectivity index (χ0) is 14.8. The fourth-order valence-corrected chi connectivity index (χ4v) is 2.25. The third-order valence-electron chi connectivity index (χ3n) is 3.21. The van der Waals surface area contributed by atoms with Crippen LogP contribution < -0.4 is 10.6 Å². The molecular weight excluding hydrogens is 250 g/mol. The third kappa shape index (κ3) is 6.06. The first kappa shape index (κ1) is 16.5. The Morgan fingerprint density at radius 2 is 1.85 bits per heavy atom. The number of anilines is 1. The molecular formula is C16H27N3O. The number of carbonyl (C=O) groups is 1. The SMILES string of the molecule is CCCN(CCC)CCc1cccc(NC(=O)NC)c1. The quantitative estimate of drug-likeness (QED) is 0.767. The number of nitrogens with zero attached hydrogens (tertiary/aromatic N) is 1. The topological polar surface area (TPSA) is 44.4 Å². The Balaban J connectivity index is 2.54. The van der Waals surface area contributed by atoms with Crippen molar-refractivity contribution in [3.63, 3.8) is 0 Å². The summed E-state index contributed by atoms with van der Waals surface area (Å²) < 4.78 is 0. The van der Waals surface area contributed by atoms with Gasteiger partial charge in [0.2, 0.25) is 0 Å². The Kier molecular flexibility index (Phi) is 7.73. The van der Waals surface area contributed by atoms with Gasteiger partial charge in [0.1, 0.15) is 0 Å². The van der Waals surface area contributed by atoms with Crippen molar-refractivity contribution < 1.29 is 4.79 Å². The number of carbonyl (C=O) groups excluding carboxylic acids is 1. The highest BCUT2D eigenvalue weighted by Gasteiger charge is 2.04. The highest BCUT2D eigenvalue weighted by molar-refractivity contribution is 5.89. The van der Waals surface area contributed by atoms with Gasteiger partial charge >= 0.3 is 6.03 Å². The lowest BCUT2D eigenvalue weighted by atomic mass is 10.1. The summed E-state index contributed by atoms with van der Waals surface area (Å²) in [6.45, 7) is 7.83. The molecule has 1 aromatic carbocycles. The summed E-state index contributed by atoms with van der Waals surface area (Å²) in [7, 11) is 1.62. The largest absolute Gasteiger partial charge is 0.341 e. The van der Waals surface area contributed by atoms with Gasteiger partial charge in [0.05, 0.1) is 0 Å². The van der Waals surface area contributed by atoms with Crippen LogP contribution in [-0.4, -0.2) is 37.6 Å². The van der Waals surface area contributed by atoms with Gasteiger partial charge in [-0.3, -0.25) is 0 Å². The van der Waals surface area contributed by atoms with Crippen LogP contribution in [-0.2, 0) is 6.42 Å². The first-order valence-electron chi connectivity index (χ1n) is 7.49. The van der Waals surface area contributed by atoms with E-state index in [1.165, 1.54) is 18.4 Å². The average Bonchev–Trinajstić information content (AvgIpc) is 2.45. The number of urea groups is 1. The molecule has 0 atom stereocenters. The van der Waals surface area contributed by atoms with Gasteiger partial charge in [0.25, 0.3) is 0 Å². The van der Waals surface area contributed by atoms with Gasteiger partial charge in [-0.05, 0) is 50.0 Å². The Morgan fingerprint density at radius 1 is 1.15 bits per heavy atom. The normalized spacial score (nSPS) is 10.6. The van der Waals surface area contributed by atoms with E-state index in [-0.39, 0.29) is 6.03 Å². The molecule has 4 nitrogen and oxygen atoms in total. The van der Waals surface area contributed by atoms with Crippen molar-refractivity contribution in [3.8, 4) is 0 Å². The minimum Gasteiger partial charge on any atom is -0.341 e. The Bertz CT molecular complexity index is 400. The zero-order valence-corrected chi connectivity index (χ0v) is 12.9. The maximum atomic E-state index is 11.3. The Hall–Kier alpha value is -1.55. The number of nitrogens with one attached hydrogen (secondary N) is 2. The van der Waals surface area contributed by atoms with Gasteiger partial charge in [0, 0.05) is 19.3 Å². The lowest BCUT2D eigenvalue weighted by Crippen LogP contribution is -2.27. The summed E-state index contributed by atoms with van der Waals surface area (Å²) in [4.78, 5) is 13.8. The number of hydrogen-bond donors (Lipinski definition) is 2. The zero-order valence-electron chi connectivity index (χ0n) is 12.9. The second kappa shape index (κ2) is 9.37. The predicted molar refractivity (Wildman–Crippen MR) is 85.2 cm³/mol. The van der Waals surface area contributed by atoms with Crippen molar-refractivity contribution in [2.45, 2.75) is 33.1 Å². The molecule has 1 aromatic rings. The molecule has 112 valence electrons. The monoisotopic (exact) mass is 277 g/mol. The maximum absolute atomic E-state index is 11.3. The van der Waals surface area contributed by atoms with Crippen molar-refractivity contribution in [3.05, 3.63) is 29.8 Å². The first-order valence-corrected chi connectivity index (χ1v) is 7.49. The summed E-state index contributed by atoms with van der Waals surface area (Å²) in [5, 5.41) is 5.36. The van der Waals surface area contributed by atoms with E-state index in [2.05, 4.69) is 35.4 Å². The van der Waals surface area contributed by atoms with Crippen LogP contribution in [0.5, 0.6) is 0 Å². The summed E-state index contributed by atoms with van der Waals surface area (Å²) in [5.74, 6) is 0. The van der Waals surface area contributed by atoms with Crippen molar-refractivity contribution in [1.29, 1.82) is 0 Å². The molecule has 0 unspecified atom stereocenters. The highest BCUT2D eigenvalue weighted by atomic mass is 16.2. The van der Waals surface area contributed by atoms with E-state index in [4.69, 9.17) is 0 Å². The molecule has 2 amide bonds. The van der Waals surface area contributed by atoms with Crippen LogP contribution in [0.15, 0.2) is 24.3 Å². The summed E-state index contributed by atoms with van der Waals surface area (Å²) in [5.41, 5.74) is 2.11. The van der Waals surface area contributed by atoms with Crippen LogP contribution in [0, 0.1) is 0 Å². The molecule has 20 heavy (non-hydrogen) atoms. The molecule has 0 saturated carbocycles. The summed E-state index contributed by atoms with van der Waals surface area (Å²) in [6.07, 6.45) is 3.40. The van der Waals surface area contributed by atoms with Crippen LogP contribution in [0.1, 0.15) is 32.3 Å². The van der Waals surface area contributed by atoms with Crippen LogP contribution >= 0.6 is 0 Å². The average molecular weight is 277 g/mol. The molecule has 0 radical (unpaired) electrons. The second-order valence-electron chi connectivity index (χ2n) is 5.00. The lowest BCUT2D eigenvalue weighted by molar-refractivity contribution is 0.254. The van der Waals surface area contributed by atoms with Gasteiger partial charge in [-0.25, -0.2) is 4.79 Å². The van der Waals surface area contributed by atoms with Gasteiger partial charge in [-0.15, -0.1) is 0 Å². The fraction of sp³-hybridized carbons (Fsp3) is 0.562. The number of amides is 2. The molecule has 0 bridgehead atoms. The molecule has 0 fully saturated rings. The van der Waals surface area contributed by atoms with E-state index in [9.17, 15) is 4.79 Å². The number of benzene rings is 1. The van der Waals surface area contributed by atoms with Crippen molar-refractivity contribution >= 4 is 11.7 Å². The molecule has 1 rings (SSSR count). The minimum absolute atomic E-state index is 0.180. The molecule has 4 heteroatoms. The standard InChI is InChI=1S/C16H27N3O/c1-4-10-19(11-5-2)12-9-14-7-6-8-15(13-14)18-16(20)17-3/h6-8,13H,4-5,9-12H2,1-3H3,(H2,17,18,20). The van der Waals surface area contributed by atoms with Gasteiger partial charge in [-0.2, -0.15) is 0 Å². The van der Waals surface area contributed by atoms with E-state index in [0.29, 0.717) is 0 Å². The van der Waals surface area contributed by atoms with E-state index in [0.717, 1.165) is 31.7 Å². The molecule has 2 N–H and O–H groups in total. The molecule has 0 aliphatic heterocycles. The van der Waals surface area contributed by atoms with Crippen molar-refractivity contribution in [2.24, 2.45) is 0 Å². The van der Waals surface area contributed by atoms with Crippen molar-refractivity contribution in [1.82, 2.24) is 10.2 Å². The number of rotatable bonds is 8. The van der Waals surface area contributed by atoms with Gasteiger partial charge < -0.3 is 15.5 Å². The predicted octanol–water partition coefficient (Wildman–Crippen LogP) is 3.10. The first-order chi connectivity index (χ1) is 9.69. The third-order valence-corrected chi connectivity index (χ3v) is 3.21. The van der Waals surface area contributed by atoms with Gasteiger partial charge in [0.15, 0.2) is 0 Å². The maximum Gasteiger partial charge on any atom is 0.318 e. The summed E-state index contributed by atoms with van der Waals surface area (Å²) >= 11 is 0. The molecule has 0 aliphatic carbocycles. The molecule has 0 saturated heterocycles. The van der Waals surface area contributed by atoms with E-state index < -0.39 is 0 Å². The molecule has 0 aliphatic rings. The Labute approximate surface area is 122 Å². The molecule has 0 spiro atoms. The van der Waals surface area contributed by atoms with Crippen molar-refractivity contribution in [2.75, 3.05) is 32.0 Å². The minimum atomic E-state index is -0.180. The number of hydrogen-bond acceptors (Lipinski definition) is 2. The lowest BCUT2D eigenvalue weighted by Gasteiger charge is -2.20. The van der Waals surface area contributed by atoms with Crippen LogP contribution in [0.4, 0.5) is 10.5 Å². The van der Waals surface area contributed by atoms with E-state index in [1.807, 2.05) is 18.2 Å². The fourth-order valence-electron chi connectivity index (χ4n) is 2.25. The van der Waals surface area contributed by atoms with Gasteiger partial charge in [-0.1, -0.05) is 26.0 Å². The van der Waals surface area contributed by atoms with Crippen LogP contribution in [0.25, 0.3) is 0 Å². The smallest absolute Gasteiger partial charge is 0.318 e. The van der Waals surface area contributed by atoms with E-state index >= 15 is 0 Å². The van der Waals surface area contributed by atoms with Crippen LogP contribution in [0.2, 0.25) is 0 Å². The van der Waals surface area contributed by atoms with E-state index in [1.54, 1.807) is 7.05 Å². The second-order valence-corrected chi connectivity index (χ2v) is 5.00. The van der Waals surface area contributed by atoms with Crippen LogP contribution in [0.3, 0.4) is 0 Å². The Morgan fingerprint density at radius 3 is 2.45 bits per heavy atom.